The molecule has 11 heavy (non-hydrogen) atoms. The zero-order valence-electron chi connectivity index (χ0n) is 7.64. The highest BCUT2D eigenvalue weighted by atomic mass is 14.6. The molecule has 1 aliphatic carbocycles. The molecule has 0 radical (unpaired) electrons. The van der Waals surface area contributed by atoms with Crippen LogP contribution in [0.3, 0.4) is 0 Å². The Labute approximate surface area is 69.7 Å². The van der Waals surface area contributed by atoms with E-state index in [0.29, 0.717) is 11.3 Å². The van der Waals surface area contributed by atoms with Crippen molar-refractivity contribution in [3.63, 3.8) is 0 Å². The molecular formula is C10H19N. The Morgan fingerprint density at radius 3 is 2.73 bits per heavy atom. The molecule has 0 bridgehead atoms. The third-order valence-corrected chi connectivity index (χ3v) is 2.78. The van der Waals surface area contributed by atoms with E-state index in [-0.39, 0.29) is 0 Å². The standard InChI is InChI=1S/C10H19N/c1-10(2,8-11)9-6-4-3-5-7-9/h4,6,9H,3,5,7-8,11H2,1-2H3. The molecule has 2 N–H and O–H groups in total. The molecule has 0 spiro atoms. The second kappa shape index (κ2) is 3.40. The molecule has 64 valence electrons. The summed E-state index contributed by atoms with van der Waals surface area (Å²) in [5.41, 5.74) is 6.01. The zero-order chi connectivity index (χ0) is 8.32. The highest BCUT2D eigenvalue weighted by Gasteiger charge is 2.26. The van der Waals surface area contributed by atoms with Gasteiger partial charge in [0, 0.05) is 0 Å². The molecule has 0 saturated heterocycles. The van der Waals surface area contributed by atoms with E-state index in [0.717, 1.165) is 6.54 Å². The summed E-state index contributed by atoms with van der Waals surface area (Å²) in [5.74, 6) is 0.709. The molecule has 1 rings (SSSR count). The van der Waals surface area contributed by atoms with E-state index in [1.54, 1.807) is 0 Å². The Kier molecular flexibility index (Phi) is 2.72. The maximum atomic E-state index is 5.70. The van der Waals surface area contributed by atoms with Crippen LogP contribution in [0, 0.1) is 11.3 Å². The van der Waals surface area contributed by atoms with Gasteiger partial charge in [-0.25, -0.2) is 0 Å². The molecule has 0 fully saturated rings. The minimum Gasteiger partial charge on any atom is -0.330 e. The van der Waals surface area contributed by atoms with Crippen molar-refractivity contribution in [3.05, 3.63) is 12.2 Å². The van der Waals surface area contributed by atoms with Crippen LogP contribution in [0.25, 0.3) is 0 Å². The number of hydrogen-bond acceptors (Lipinski definition) is 1. The SMILES string of the molecule is CC(C)(CN)C1C=CCCC1. The lowest BCUT2D eigenvalue weighted by Gasteiger charge is -2.32. The van der Waals surface area contributed by atoms with E-state index in [2.05, 4.69) is 26.0 Å². The molecular weight excluding hydrogens is 134 g/mol. The van der Waals surface area contributed by atoms with Gasteiger partial charge in [-0.1, -0.05) is 26.0 Å². The Hall–Kier alpha value is -0.300. The van der Waals surface area contributed by atoms with E-state index in [1.165, 1.54) is 19.3 Å². The van der Waals surface area contributed by atoms with Crippen molar-refractivity contribution in [2.45, 2.75) is 33.1 Å². The van der Waals surface area contributed by atoms with Gasteiger partial charge in [0.15, 0.2) is 0 Å². The minimum atomic E-state index is 0.302. The number of nitrogens with two attached hydrogens (primary N) is 1. The molecule has 0 amide bonds. The Bertz CT molecular complexity index is 147. The van der Waals surface area contributed by atoms with Crippen LogP contribution in [0.4, 0.5) is 0 Å². The molecule has 0 aliphatic heterocycles. The fourth-order valence-electron chi connectivity index (χ4n) is 1.61. The van der Waals surface area contributed by atoms with Gasteiger partial charge in [0.2, 0.25) is 0 Å². The molecule has 0 aromatic carbocycles. The second-order valence-electron chi connectivity index (χ2n) is 4.16. The molecule has 1 unspecified atom stereocenters. The monoisotopic (exact) mass is 153 g/mol. The van der Waals surface area contributed by atoms with Gasteiger partial charge in [-0.3, -0.25) is 0 Å². The van der Waals surface area contributed by atoms with Crippen molar-refractivity contribution in [2.75, 3.05) is 6.54 Å². The van der Waals surface area contributed by atoms with Gasteiger partial charge in [0.05, 0.1) is 0 Å². The average molecular weight is 153 g/mol. The van der Waals surface area contributed by atoms with E-state index in [9.17, 15) is 0 Å². The van der Waals surface area contributed by atoms with Gasteiger partial charge in [-0.05, 0) is 37.1 Å². The first-order chi connectivity index (χ1) is 5.17. The highest BCUT2D eigenvalue weighted by molar-refractivity contribution is 4.99. The third kappa shape index (κ3) is 2.06. The molecule has 1 nitrogen and oxygen atoms in total. The first kappa shape index (κ1) is 8.79. The predicted octanol–water partition coefficient (Wildman–Crippen LogP) is 2.33. The quantitative estimate of drug-likeness (QED) is 0.605. The van der Waals surface area contributed by atoms with Crippen molar-refractivity contribution < 1.29 is 0 Å². The summed E-state index contributed by atoms with van der Waals surface area (Å²) >= 11 is 0. The van der Waals surface area contributed by atoms with Crippen LogP contribution in [0.1, 0.15) is 33.1 Å². The van der Waals surface area contributed by atoms with Gasteiger partial charge in [-0.15, -0.1) is 0 Å². The lowest BCUT2D eigenvalue weighted by molar-refractivity contribution is 0.247. The second-order valence-corrected chi connectivity index (χ2v) is 4.16. The van der Waals surface area contributed by atoms with Crippen LogP contribution >= 0.6 is 0 Å². The zero-order valence-corrected chi connectivity index (χ0v) is 7.64. The Morgan fingerprint density at radius 2 is 2.27 bits per heavy atom. The van der Waals surface area contributed by atoms with E-state index in [4.69, 9.17) is 5.73 Å². The molecule has 1 aliphatic rings. The average Bonchev–Trinajstić information content (AvgIpc) is 2.06. The van der Waals surface area contributed by atoms with Crippen LogP contribution in [0.15, 0.2) is 12.2 Å². The van der Waals surface area contributed by atoms with Crippen molar-refractivity contribution >= 4 is 0 Å². The summed E-state index contributed by atoms with van der Waals surface area (Å²) < 4.78 is 0. The largest absolute Gasteiger partial charge is 0.330 e. The molecule has 0 heterocycles. The lowest BCUT2D eigenvalue weighted by atomic mass is 9.74. The Morgan fingerprint density at radius 1 is 1.55 bits per heavy atom. The lowest BCUT2D eigenvalue weighted by Crippen LogP contribution is -2.31. The summed E-state index contributed by atoms with van der Waals surface area (Å²) in [6.45, 7) is 5.31. The van der Waals surface area contributed by atoms with Crippen molar-refractivity contribution in [1.82, 2.24) is 0 Å². The van der Waals surface area contributed by atoms with Crippen molar-refractivity contribution in [1.29, 1.82) is 0 Å². The summed E-state index contributed by atoms with van der Waals surface area (Å²) in [5, 5.41) is 0. The molecule has 0 aromatic heterocycles. The van der Waals surface area contributed by atoms with Crippen LogP contribution < -0.4 is 5.73 Å². The summed E-state index contributed by atoms with van der Waals surface area (Å²) in [4.78, 5) is 0. The number of hydrogen-bond donors (Lipinski definition) is 1. The number of allylic oxidation sites excluding steroid dienone is 2. The van der Waals surface area contributed by atoms with Crippen molar-refractivity contribution in [2.24, 2.45) is 17.1 Å². The van der Waals surface area contributed by atoms with Gasteiger partial charge >= 0.3 is 0 Å². The maximum absolute atomic E-state index is 5.70. The Balaban J connectivity index is 2.57. The van der Waals surface area contributed by atoms with Crippen molar-refractivity contribution in [3.8, 4) is 0 Å². The van der Waals surface area contributed by atoms with Gasteiger partial charge < -0.3 is 5.73 Å². The number of rotatable bonds is 2. The van der Waals surface area contributed by atoms with E-state index < -0.39 is 0 Å². The van der Waals surface area contributed by atoms with Crippen LogP contribution in [0.5, 0.6) is 0 Å². The summed E-state index contributed by atoms with van der Waals surface area (Å²) in [6, 6.07) is 0. The topological polar surface area (TPSA) is 26.0 Å². The van der Waals surface area contributed by atoms with E-state index in [1.807, 2.05) is 0 Å². The van der Waals surface area contributed by atoms with Crippen LogP contribution in [0.2, 0.25) is 0 Å². The van der Waals surface area contributed by atoms with Crippen LogP contribution in [-0.2, 0) is 0 Å². The molecule has 1 atom stereocenters. The van der Waals surface area contributed by atoms with Gasteiger partial charge in [0.25, 0.3) is 0 Å². The van der Waals surface area contributed by atoms with E-state index >= 15 is 0 Å². The van der Waals surface area contributed by atoms with Gasteiger partial charge in [-0.2, -0.15) is 0 Å². The summed E-state index contributed by atoms with van der Waals surface area (Å²) in [7, 11) is 0. The fourth-order valence-corrected chi connectivity index (χ4v) is 1.61. The minimum absolute atomic E-state index is 0.302. The summed E-state index contributed by atoms with van der Waals surface area (Å²) in [6.07, 6.45) is 8.56. The molecule has 1 heteroatoms. The fraction of sp³-hybridized carbons (Fsp3) is 0.800. The molecule has 0 saturated carbocycles. The normalized spacial score (nSPS) is 25.5. The first-order valence-electron chi connectivity index (χ1n) is 4.53. The van der Waals surface area contributed by atoms with Crippen LogP contribution in [-0.4, -0.2) is 6.54 Å². The maximum Gasteiger partial charge on any atom is -0.00202 e. The van der Waals surface area contributed by atoms with Gasteiger partial charge in [0.1, 0.15) is 0 Å². The highest BCUT2D eigenvalue weighted by Crippen LogP contribution is 2.33. The third-order valence-electron chi connectivity index (χ3n) is 2.78. The first-order valence-corrected chi connectivity index (χ1v) is 4.53. The smallest absolute Gasteiger partial charge is 0.00202 e. The predicted molar refractivity (Wildman–Crippen MR) is 49.3 cm³/mol. The molecule has 0 aromatic rings.